The highest BCUT2D eigenvalue weighted by Crippen LogP contribution is 2.25. The highest BCUT2D eigenvalue weighted by Gasteiger charge is 2.29. The van der Waals surface area contributed by atoms with E-state index < -0.39 is 0 Å². The zero-order valence-electron chi connectivity index (χ0n) is 12.3. The standard InChI is InChI=1S/C14H24N4O/c1-5-11-12(15)13(17(4)16-11)14(19)18-7-9(2)6-10(3)8-18/h9-10H,5-8,15H2,1-4H3. The molecule has 19 heavy (non-hydrogen) atoms. The SMILES string of the molecule is CCc1nn(C)c(C(=O)N2CC(C)CC(C)C2)c1N. The van der Waals surface area contributed by atoms with Crippen molar-refractivity contribution in [2.75, 3.05) is 18.8 Å². The van der Waals surface area contributed by atoms with Crippen LogP contribution in [-0.2, 0) is 13.5 Å². The molecule has 2 rings (SSSR count). The van der Waals surface area contributed by atoms with Gasteiger partial charge >= 0.3 is 0 Å². The number of nitrogens with zero attached hydrogens (tertiary/aromatic N) is 3. The molecular weight excluding hydrogens is 240 g/mol. The fourth-order valence-electron chi connectivity index (χ4n) is 3.09. The maximum Gasteiger partial charge on any atom is 0.274 e. The summed E-state index contributed by atoms with van der Waals surface area (Å²) in [6.07, 6.45) is 1.94. The summed E-state index contributed by atoms with van der Waals surface area (Å²) in [7, 11) is 1.79. The van der Waals surface area contributed by atoms with Crippen molar-refractivity contribution in [3.63, 3.8) is 0 Å². The van der Waals surface area contributed by atoms with E-state index in [2.05, 4.69) is 18.9 Å². The summed E-state index contributed by atoms with van der Waals surface area (Å²) in [5, 5.41) is 4.33. The molecule has 1 aromatic heterocycles. The zero-order chi connectivity index (χ0) is 14.2. The second-order valence-corrected chi connectivity index (χ2v) is 5.84. The van der Waals surface area contributed by atoms with Crippen LogP contribution in [0.3, 0.4) is 0 Å². The van der Waals surface area contributed by atoms with Gasteiger partial charge < -0.3 is 10.6 Å². The van der Waals surface area contributed by atoms with Crippen LogP contribution >= 0.6 is 0 Å². The van der Waals surface area contributed by atoms with Crippen LogP contribution < -0.4 is 5.73 Å². The largest absolute Gasteiger partial charge is 0.395 e. The lowest BCUT2D eigenvalue weighted by atomic mass is 9.91. The molecular formula is C14H24N4O. The van der Waals surface area contributed by atoms with Gasteiger partial charge in [-0.15, -0.1) is 0 Å². The zero-order valence-corrected chi connectivity index (χ0v) is 12.3. The predicted molar refractivity (Wildman–Crippen MR) is 75.8 cm³/mol. The maximum atomic E-state index is 12.6. The van der Waals surface area contributed by atoms with E-state index in [1.807, 2.05) is 11.8 Å². The smallest absolute Gasteiger partial charge is 0.274 e. The molecule has 1 aliphatic heterocycles. The second kappa shape index (κ2) is 5.23. The number of aromatic nitrogens is 2. The number of carbonyl (C=O) groups is 1. The first-order valence-corrected chi connectivity index (χ1v) is 7.04. The third kappa shape index (κ3) is 2.60. The molecule has 0 radical (unpaired) electrons. The van der Waals surface area contributed by atoms with Crippen molar-refractivity contribution in [1.29, 1.82) is 0 Å². The van der Waals surface area contributed by atoms with Gasteiger partial charge in [-0.3, -0.25) is 9.48 Å². The monoisotopic (exact) mass is 264 g/mol. The lowest BCUT2D eigenvalue weighted by Gasteiger charge is -2.35. The molecule has 1 amide bonds. The molecule has 2 unspecified atom stereocenters. The summed E-state index contributed by atoms with van der Waals surface area (Å²) < 4.78 is 1.63. The second-order valence-electron chi connectivity index (χ2n) is 5.84. The number of rotatable bonds is 2. The molecule has 0 bridgehead atoms. The van der Waals surface area contributed by atoms with E-state index in [4.69, 9.17) is 5.73 Å². The number of hydrogen-bond donors (Lipinski definition) is 1. The lowest BCUT2D eigenvalue weighted by molar-refractivity contribution is 0.0613. The number of aryl methyl sites for hydroxylation is 2. The van der Waals surface area contributed by atoms with E-state index in [0.29, 0.717) is 23.2 Å². The van der Waals surface area contributed by atoms with E-state index in [9.17, 15) is 4.79 Å². The van der Waals surface area contributed by atoms with Crippen LogP contribution in [0.2, 0.25) is 0 Å². The summed E-state index contributed by atoms with van der Waals surface area (Å²) in [5.41, 5.74) is 7.95. The summed E-state index contributed by atoms with van der Waals surface area (Å²) >= 11 is 0. The molecule has 0 saturated carbocycles. The van der Waals surface area contributed by atoms with Crippen LogP contribution in [0.4, 0.5) is 5.69 Å². The number of nitrogen functional groups attached to an aromatic ring is 1. The highest BCUT2D eigenvalue weighted by molar-refractivity contribution is 5.98. The molecule has 1 saturated heterocycles. The Hall–Kier alpha value is -1.52. The van der Waals surface area contributed by atoms with Gasteiger partial charge in [0.2, 0.25) is 0 Å². The number of anilines is 1. The number of amides is 1. The summed E-state index contributed by atoms with van der Waals surface area (Å²) in [5.74, 6) is 1.12. The minimum atomic E-state index is 0.0191. The van der Waals surface area contributed by atoms with Crippen molar-refractivity contribution in [2.24, 2.45) is 18.9 Å². The number of likely N-dealkylation sites (tertiary alicyclic amines) is 1. The topological polar surface area (TPSA) is 64.2 Å². The summed E-state index contributed by atoms with van der Waals surface area (Å²) in [4.78, 5) is 14.6. The molecule has 0 aromatic carbocycles. The molecule has 0 aliphatic carbocycles. The van der Waals surface area contributed by atoms with E-state index in [0.717, 1.165) is 25.2 Å². The molecule has 0 spiro atoms. The first-order chi connectivity index (χ1) is 8.93. The van der Waals surface area contributed by atoms with Crippen LogP contribution in [0.5, 0.6) is 0 Å². The van der Waals surface area contributed by atoms with Gasteiger partial charge in [0.1, 0.15) is 5.69 Å². The van der Waals surface area contributed by atoms with E-state index >= 15 is 0 Å². The van der Waals surface area contributed by atoms with Crippen molar-refractivity contribution >= 4 is 11.6 Å². The Morgan fingerprint density at radius 1 is 1.37 bits per heavy atom. The Morgan fingerprint density at radius 2 is 1.95 bits per heavy atom. The van der Waals surface area contributed by atoms with Crippen molar-refractivity contribution in [1.82, 2.24) is 14.7 Å². The quantitative estimate of drug-likeness (QED) is 0.884. The van der Waals surface area contributed by atoms with Crippen LogP contribution in [0, 0.1) is 11.8 Å². The molecule has 106 valence electrons. The van der Waals surface area contributed by atoms with E-state index in [-0.39, 0.29) is 5.91 Å². The molecule has 2 heterocycles. The van der Waals surface area contributed by atoms with Gasteiger partial charge in [0.25, 0.3) is 5.91 Å². The predicted octanol–water partition coefficient (Wildman–Crippen LogP) is 1.68. The third-order valence-electron chi connectivity index (χ3n) is 3.85. The molecule has 2 atom stereocenters. The number of nitrogens with two attached hydrogens (primary N) is 1. The molecule has 2 N–H and O–H groups in total. The molecule has 1 aliphatic rings. The first kappa shape index (κ1) is 13.9. The summed E-state index contributed by atoms with van der Waals surface area (Å²) in [6, 6.07) is 0. The van der Waals surface area contributed by atoms with Gasteiger partial charge in [-0.2, -0.15) is 5.10 Å². The minimum absolute atomic E-state index is 0.0191. The van der Waals surface area contributed by atoms with Gasteiger partial charge in [0, 0.05) is 20.1 Å². The molecule has 1 fully saturated rings. The fraction of sp³-hybridized carbons (Fsp3) is 0.714. The average Bonchev–Trinajstić information content (AvgIpc) is 2.62. The maximum absolute atomic E-state index is 12.6. The van der Waals surface area contributed by atoms with Crippen LogP contribution in [0.15, 0.2) is 0 Å². The number of carbonyl (C=O) groups excluding carboxylic acids is 1. The minimum Gasteiger partial charge on any atom is -0.395 e. The molecule has 5 heteroatoms. The Balaban J connectivity index is 2.26. The van der Waals surface area contributed by atoms with Crippen molar-refractivity contribution in [2.45, 2.75) is 33.6 Å². The van der Waals surface area contributed by atoms with Crippen molar-refractivity contribution in [3.8, 4) is 0 Å². The molecule has 5 nitrogen and oxygen atoms in total. The van der Waals surface area contributed by atoms with Gasteiger partial charge in [-0.25, -0.2) is 0 Å². The Kier molecular flexibility index (Phi) is 3.83. The van der Waals surface area contributed by atoms with Crippen LogP contribution in [-0.4, -0.2) is 33.7 Å². The first-order valence-electron chi connectivity index (χ1n) is 7.04. The third-order valence-corrected chi connectivity index (χ3v) is 3.85. The Bertz CT molecular complexity index is 470. The van der Waals surface area contributed by atoms with Crippen molar-refractivity contribution in [3.05, 3.63) is 11.4 Å². The number of piperidine rings is 1. The Labute approximate surface area is 114 Å². The Morgan fingerprint density at radius 3 is 2.42 bits per heavy atom. The average molecular weight is 264 g/mol. The van der Waals surface area contributed by atoms with E-state index in [1.54, 1.807) is 11.7 Å². The highest BCUT2D eigenvalue weighted by atomic mass is 16.2. The number of hydrogen-bond acceptors (Lipinski definition) is 3. The lowest BCUT2D eigenvalue weighted by Crippen LogP contribution is -2.43. The van der Waals surface area contributed by atoms with Gasteiger partial charge in [0.05, 0.1) is 11.4 Å². The van der Waals surface area contributed by atoms with Gasteiger partial charge in [-0.1, -0.05) is 20.8 Å². The molecule has 1 aromatic rings. The normalized spacial score (nSPS) is 23.7. The van der Waals surface area contributed by atoms with Gasteiger partial charge in [0.15, 0.2) is 0 Å². The summed E-state index contributed by atoms with van der Waals surface area (Å²) in [6.45, 7) is 8.02. The van der Waals surface area contributed by atoms with Crippen LogP contribution in [0.1, 0.15) is 43.4 Å². The van der Waals surface area contributed by atoms with E-state index in [1.165, 1.54) is 6.42 Å². The van der Waals surface area contributed by atoms with Crippen LogP contribution in [0.25, 0.3) is 0 Å². The fourth-order valence-corrected chi connectivity index (χ4v) is 3.09. The van der Waals surface area contributed by atoms with Crippen molar-refractivity contribution < 1.29 is 4.79 Å². The van der Waals surface area contributed by atoms with Gasteiger partial charge in [-0.05, 0) is 24.7 Å².